The molecule has 2 rings (SSSR count). The molecule has 1 aromatic heterocycles. The van der Waals surface area contributed by atoms with Crippen LogP contribution < -0.4 is 0 Å². The lowest BCUT2D eigenvalue weighted by molar-refractivity contribution is 0.0793. The molecule has 5 heteroatoms. The van der Waals surface area contributed by atoms with Crippen LogP contribution in [0.4, 0.5) is 4.39 Å². The number of fused-ring (bicyclic) bond motifs is 1. The molecule has 0 fully saturated rings. The molecule has 0 radical (unpaired) electrons. The third kappa shape index (κ3) is 2.33. The molecule has 2 aromatic rings. The van der Waals surface area contributed by atoms with Gasteiger partial charge >= 0.3 is 0 Å². The molecule has 0 spiro atoms. The molecule has 1 amide bonds. The molecular formula is C13H12FN3O. The highest BCUT2D eigenvalue weighted by molar-refractivity contribution is 5.97. The van der Waals surface area contributed by atoms with Crippen molar-refractivity contribution >= 4 is 16.8 Å². The highest BCUT2D eigenvalue weighted by Gasteiger charge is 2.14. The van der Waals surface area contributed by atoms with Gasteiger partial charge in [0.25, 0.3) is 5.91 Å². The van der Waals surface area contributed by atoms with E-state index in [2.05, 4.69) is 4.98 Å². The van der Waals surface area contributed by atoms with Crippen molar-refractivity contribution in [2.24, 2.45) is 0 Å². The fourth-order valence-electron chi connectivity index (χ4n) is 1.74. The summed E-state index contributed by atoms with van der Waals surface area (Å²) >= 11 is 0. The van der Waals surface area contributed by atoms with Crippen LogP contribution >= 0.6 is 0 Å². The monoisotopic (exact) mass is 245 g/mol. The summed E-state index contributed by atoms with van der Waals surface area (Å²) in [7, 11) is 1.63. The number of carbonyl (C=O) groups is 1. The number of nitriles is 1. The minimum atomic E-state index is -0.335. The Morgan fingerprint density at radius 2 is 2.28 bits per heavy atom. The first kappa shape index (κ1) is 12.1. The van der Waals surface area contributed by atoms with Crippen LogP contribution in [0.15, 0.2) is 24.3 Å². The Morgan fingerprint density at radius 3 is 3.00 bits per heavy atom. The van der Waals surface area contributed by atoms with Gasteiger partial charge in [-0.3, -0.25) is 4.79 Å². The van der Waals surface area contributed by atoms with Crippen molar-refractivity contribution in [3.63, 3.8) is 0 Å². The number of hydrogen-bond acceptors (Lipinski definition) is 2. The van der Waals surface area contributed by atoms with Crippen molar-refractivity contribution in [3.05, 3.63) is 35.8 Å². The molecule has 0 aliphatic heterocycles. The van der Waals surface area contributed by atoms with E-state index < -0.39 is 0 Å². The molecule has 18 heavy (non-hydrogen) atoms. The van der Waals surface area contributed by atoms with E-state index in [-0.39, 0.29) is 18.1 Å². The van der Waals surface area contributed by atoms with Crippen LogP contribution in [0.2, 0.25) is 0 Å². The van der Waals surface area contributed by atoms with Crippen molar-refractivity contribution < 1.29 is 9.18 Å². The molecule has 0 saturated heterocycles. The van der Waals surface area contributed by atoms with Crippen LogP contribution in [0, 0.1) is 17.1 Å². The Hall–Kier alpha value is -2.35. The van der Waals surface area contributed by atoms with Crippen molar-refractivity contribution in [2.45, 2.75) is 6.42 Å². The number of nitrogens with zero attached hydrogens (tertiary/aromatic N) is 2. The standard InChI is InChI=1S/C13H12FN3O/c1-17(6-2-5-15)13(18)12-8-9-7-10(14)3-4-11(9)16-12/h3-4,7-8,16H,2,6H2,1H3. The van der Waals surface area contributed by atoms with E-state index in [0.717, 1.165) is 0 Å². The summed E-state index contributed by atoms with van der Waals surface area (Å²) in [6.45, 7) is 0.374. The predicted molar refractivity (Wildman–Crippen MR) is 65.4 cm³/mol. The van der Waals surface area contributed by atoms with Gasteiger partial charge in [0.1, 0.15) is 11.5 Å². The smallest absolute Gasteiger partial charge is 0.270 e. The van der Waals surface area contributed by atoms with E-state index in [1.807, 2.05) is 6.07 Å². The highest BCUT2D eigenvalue weighted by Crippen LogP contribution is 2.17. The third-order valence-corrected chi connectivity index (χ3v) is 2.72. The summed E-state index contributed by atoms with van der Waals surface area (Å²) in [5.41, 5.74) is 1.12. The van der Waals surface area contributed by atoms with Gasteiger partial charge in [0.2, 0.25) is 0 Å². The lowest BCUT2D eigenvalue weighted by atomic mass is 10.2. The first-order chi connectivity index (χ1) is 8.61. The number of aromatic nitrogens is 1. The number of H-pyrrole nitrogens is 1. The number of aromatic amines is 1. The third-order valence-electron chi connectivity index (χ3n) is 2.72. The van der Waals surface area contributed by atoms with Gasteiger partial charge in [-0.05, 0) is 24.3 Å². The van der Waals surface area contributed by atoms with E-state index in [9.17, 15) is 9.18 Å². The molecule has 1 aromatic carbocycles. The van der Waals surface area contributed by atoms with Crippen molar-refractivity contribution in [2.75, 3.05) is 13.6 Å². The Bertz CT molecular complexity index is 627. The Labute approximate surface area is 104 Å². The molecule has 0 atom stereocenters. The van der Waals surface area contributed by atoms with Gasteiger partial charge in [0.15, 0.2) is 0 Å². The number of benzene rings is 1. The molecular weight excluding hydrogens is 233 g/mol. The van der Waals surface area contributed by atoms with Crippen LogP contribution in [0.3, 0.4) is 0 Å². The zero-order chi connectivity index (χ0) is 13.1. The molecule has 0 aliphatic carbocycles. The predicted octanol–water partition coefficient (Wildman–Crippen LogP) is 2.29. The molecule has 0 unspecified atom stereocenters. The zero-order valence-corrected chi connectivity index (χ0v) is 9.90. The normalized spacial score (nSPS) is 10.3. The van der Waals surface area contributed by atoms with Gasteiger partial charge in [-0.2, -0.15) is 5.26 Å². The molecule has 0 bridgehead atoms. The molecule has 4 nitrogen and oxygen atoms in total. The second-order valence-corrected chi connectivity index (χ2v) is 4.05. The fraction of sp³-hybridized carbons (Fsp3) is 0.231. The second kappa shape index (κ2) is 4.88. The van der Waals surface area contributed by atoms with Crippen LogP contribution in [-0.2, 0) is 0 Å². The van der Waals surface area contributed by atoms with Crippen LogP contribution in [0.5, 0.6) is 0 Å². The van der Waals surface area contributed by atoms with E-state index in [4.69, 9.17) is 5.26 Å². The summed E-state index contributed by atoms with van der Waals surface area (Å²) in [5, 5.41) is 9.13. The SMILES string of the molecule is CN(CCC#N)C(=O)c1cc2cc(F)ccc2[nH]1. The highest BCUT2D eigenvalue weighted by atomic mass is 19.1. The Kier molecular flexibility index (Phi) is 3.28. The van der Waals surface area contributed by atoms with Crippen LogP contribution in [-0.4, -0.2) is 29.4 Å². The summed E-state index contributed by atoms with van der Waals surface area (Å²) < 4.78 is 13.0. The summed E-state index contributed by atoms with van der Waals surface area (Å²) in [6.07, 6.45) is 0.289. The Morgan fingerprint density at radius 1 is 1.50 bits per heavy atom. The molecule has 1 heterocycles. The number of amides is 1. The number of nitrogens with one attached hydrogen (secondary N) is 1. The maximum atomic E-state index is 13.0. The summed E-state index contributed by atoms with van der Waals surface area (Å²) in [5.74, 6) is -0.541. The van der Waals surface area contributed by atoms with E-state index in [1.54, 1.807) is 19.2 Å². The maximum absolute atomic E-state index is 13.0. The van der Waals surface area contributed by atoms with Gasteiger partial charge in [0, 0.05) is 24.5 Å². The Balaban J connectivity index is 2.26. The minimum absolute atomic E-state index is 0.207. The van der Waals surface area contributed by atoms with Gasteiger partial charge in [0.05, 0.1) is 12.5 Å². The molecule has 0 saturated carbocycles. The molecule has 0 aliphatic rings. The largest absolute Gasteiger partial charge is 0.351 e. The van der Waals surface area contributed by atoms with E-state index in [0.29, 0.717) is 23.1 Å². The minimum Gasteiger partial charge on any atom is -0.351 e. The molecule has 1 N–H and O–H groups in total. The quantitative estimate of drug-likeness (QED) is 0.901. The van der Waals surface area contributed by atoms with E-state index in [1.165, 1.54) is 17.0 Å². The number of rotatable bonds is 3. The van der Waals surface area contributed by atoms with Gasteiger partial charge in [-0.15, -0.1) is 0 Å². The van der Waals surface area contributed by atoms with Gasteiger partial charge in [-0.25, -0.2) is 4.39 Å². The second-order valence-electron chi connectivity index (χ2n) is 4.05. The first-order valence-electron chi connectivity index (χ1n) is 5.52. The topological polar surface area (TPSA) is 59.9 Å². The van der Waals surface area contributed by atoms with Crippen molar-refractivity contribution in [1.29, 1.82) is 5.26 Å². The van der Waals surface area contributed by atoms with Crippen molar-refractivity contribution in [1.82, 2.24) is 9.88 Å². The maximum Gasteiger partial charge on any atom is 0.270 e. The number of carbonyl (C=O) groups excluding carboxylic acids is 1. The zero-order valence-electron chi connectivity index (χ0n) is 9.90. The average Bonchev–Trinajstić information content (AvgIpc) is 2.77. The fourth-order valence-corrected chi connectivity index (χ4v) is 1.74. The van der Waals surface area contributed by atoms with E-state index >= 15 is 0 Å². The first-order valence-corrected chi connectivity index (χ1v) is 5.52. The lowest BCUT2D eigenvalue weighted by Gasteiger charge is -2.13. The summed E-state index contributed by atoms with van der Waals surface area (Å²) in [6, 6.07) is 7.91. The number of halogens is 1. The average molecular weight is 245 g/mol. The van der Waals surface area contributed by atoms with Crippen LogP contribution in [0.25, 0.3) is 10.9 Å². The number of hydrogen-bond donors (Lipinski definition) is 1. The lowest BCUT2D eigenvalue weighted by Crippen LogP contribution is -2.27. The van der Waals surface area contributed by atoms with Crippen LogP contribution in [0.1, 0.15) is 16.9 Å². The van der Waals surface area contributed by atoms with Gasteiger partial charge < -0.3 is 9.88 Å². The van der Waals surface area contributed by atoms with Gasteiger partial charge in [-0.1, -0.05) is 0 Å². The molecule has 92 valence electrons. The summed E-state index contributed by atoms with van der Waals surface area (Å²) in [4.78, 5) is 16.4. The van der Waals surface area contributed by atoms with Crippen molar-refractivity contribution in [3.8, 4) is 6.07 Å².